The van der Waals surface area contributed by atoms with Crippen molar-refractivity contribution in [1.29, 1.82) is 0 Å². The molecule has 0 unspecified atom stereocenters. The molecular formula is C16H21NS. The van der Waals surface area contributed by atoms with Crippen molar-refractivity contribution in [2.45, 2.75) is 40.5 Å². The minimum Gasteiger partial charge on any atom is -0.241 e. The van der Waals surface area contributed by atoms with Gasteiger partial charge in [0, 0.05) is 10.4 Å². The average Bonchev–Trinajstić information content (AvgIpc) is 2.69. The van der Waals surface area contributed by atoms with Gasteiger partial charge in [0.05, 0.1) is 10.7 Å². The second kappa shape index (κ2) is 5.66. The van der Waals surface area contributed by atoms with Gasteiger partial charge in [-0.3, -0.25) is 0 Å². The lowest BCUT2D eigenvalue weighted by Gasteiger charge is -2.06. The predicted octanol–water partition coefficient (Wildman–Crippen LogP) is 4.88. The van der Waals surface area contributed by atoms with Crippen molar-refractivity contribution >= 4 is 11.3 Å². The molecule has 0 saturated carbocycles. The number of aryl methyl sites for hydroxylation is 2. The van der Waals surface area contributed by atoms with Crippen LogP contribution < -0.4 is 0 Å². The van der Waals surface area contributed by atoms with Crippen molar-refractivity contribution in [3.8, 4) is 11.3 Å². The number of benzene rings is 1. The fraction of sp³-hybridized carbons (Fsp3) is 0.438. The maximum atomic E-state index is 4.73. The molecule has 0 fully saturated rings. The van der Waals surface area contributed by atoms with Gasteiger partial charge in [-0.15, -0.1) is 11.3 Å². The van der Waals surface area contributed by atoms with Crippen LogP contribution in [0.4, 0.5) is 0 Å². The third-order valence-electron chi connectivity index (χ3n) is 3.01. The van der Waals surface area contributed by atoms with Crippen molar-refractivity contribution in [3.05, 3.63) is 39.7 Å². The van der Waals surface area contributed by atoms with Gasteiger partial charge in [0.1, 0.15) is 0 Å². The number of hydrogen-bond donors (Lipinski definition) is 0. The summed E-state index contributed by atoms with van der Waals surface area (Å²) in [5.41, 5.74) is 3.85. The fourth-order valence-electron chi connectivity index (χ4n) is 2.14. The van der Waals surface area contributed by atoms with E-state index in [-0.39, 0.29) is 0 Å². The molecule has 0 bridgehead atoms. The van der Waals surface area contributed by atoms with Gasteiger partial charge in [-0.25, -0.2) is 4.98 Å². The average molecular weight is 259 g/mol. The van der Waals surface area contributed by atoms with E-state index in [2.05, 4.69) is 52.0 Å². The quantitative estimate of drug-likeness (QED) is 0.762. The Labute approximate surface area is 114 Å². The zero-order valence-electron chi connectivity index (χ0n) is 11.7. The second-order valence-electron chi connectivity index (χ2n) is 5.16. The standard InChI is InChI=1S/C16H21NS/c1-5-13-7-6-8-14(10-13)16-15(9-11(2)3)18-12(4)17-16/h6-8,10-11H,5,9H2,1-4H3. The predicted molar refractivity (Wildman–Crippen MR) is 80.2 cm³/mol. The molecule has 0 aliphatic rings. The summed E-state index contributed by atoms with van der Waals surface area (Å²) in [6.07, 6.45) is 2.20. The topological polar surface area (TPSA) is 12.9 Å². The first-order chi connectivity index (χ1) is 8.60. The minimum absolute atomic E-state index is 0.679. The Bertz CT molecular complexity index is 526. The smallest absolute Gasteiger partial charge is 0.0904 e. The summed E-state index contributed by atoms with van der Waals surface area (Å²) in [5, 5.41) is 1.17. The maximum Gasteiger partial charge on any atom is 0.0904 e. The Morgan fingerprint density at radius 3 is 2.72 bits per heavy atom. The molecule has 0 spiro atoms. The Hall–Kier alpha value is -1.15. The molecule has 2 heteroatoms. The van der Waals surface area contributed by atoms with Crippen LogP contribution in [0.3, 0.4) is 0 Å². The van der Waals surface area contributed by atoms with E-state index in [1.54, 1.807) is 0 Å². The van der Waals surface area contributed by atoms with Gasteiger partial charge in [0.15, 0.2) is 0 Å². The Morgan fingerprint density at radius 1 is 1.28 bits per heavy atom. The first kappa shape index (κ1) is 13.3. The van der Waals surface area contributed by atoms with Crippen molar-refractivity contribution in [3.63, 3.8) is 0 Å². The van der Waals surface area contributed by atoms with Crippen molar-refractivity contribution in [2.75, 3.05) is 0 Å². The van der Waals surface area contributed by atoms with E-state index in [1.165, 1.54) is 26.7 Å². The summed E-state index contributed by atoms with van der Waals surface area (Å²) in [6.45, 7) is 8.82. The molecule has 96 valence electrons. The van der Waals surface area contributed by atoms with Gasteiger partial charge in [0.2, 0.25) is 0 Å². The van der Waals surface area contributed by atoms with Crippen LogP contribution in [0.25, 0.3) is 11.3 Å². The second-order valence-corrected chi connectivity index (χ2v) is 6.44. The van der Waals surface area contributed by atoms with Gasteiger partial charge in [0.25, 0.3) is 0 Å². The van der Waals surface area contributed by atoms with E-state index < -0.39 is 0 Å². The molecule has 1 aromatic carbocycles. The number of rotatable bonds is 4. The van der Waals surface area contributed by atoms with Crippen LogP contribution in [0.15, 0.2) is 24.3 Å². The minimum atomic E-state index is 0.679. The number of thiazole rings is 1. The normalized spacial score (nSPS) is 11.2. The van der Waals surface area contributed by atoms with Crippen molar-refractivity contribution in [1.82, 2.24) is 4.98 Å². The Morgan fingerprint density at radius 2 is 2.06 bits per heavy atom. The van der Waals surface area contributed by atoms with Gasteiger partial charge >= 0.3 is 0 Å². The number of hydrogen-bond acceptors (Lipinski definition) is 2. The van der Waals surface area contributed by atoms with Gasteiger partial charge < -0.3 is 0 Å². The van der Waals surface area contributed by atoms with E-state index in [4.69, 9.17) is 4.98 Å². The van der Waals surface area contributed by atoms with Crippen LogP contribution in [-0.2, 0) is 12.8 Å². The molecule has 1 nitrogen and oxygen atoms in total. The summed E-state index contributed by atoms with van der Waals surface area (Å²) < 4.78 is 0. The van der Waals surface area contributed by atoms with E-state index >= 15 is 0 Å². The highest BCUT2D eigenvalue weighted by Crippen LogP contribution is 2.30. The van der Waals surface area contributed by atoms with Gasteiger partial charge in [-0.2, -0.15) is 0 Å². The van der Waals surface area contributed by atoms with Gasteiger partial charge in [-0.1, -0.05) is 39.0 Å². The van der Waals surface area contributed by atoms with E-state index in [9.17, 15) is 0 Å². The highest BCUT2D eigenvalue weighted by Gasteiger charge is 2.12. The molecule has 0 saturated heterocycles. The highest BCUT2D eigenvalue weighted by molar-refractivity contribution is 7.12. The summed E-state index contributed by atoms with van der Waals surface area (Å²) >= 11 is 1.84. The zero-order valence-corrected chi connectivity index (χ0v) is 12.5. The van der Waals surface area contributed by atoms with Crippen molar-refractivity contribution in [2.24, 2.45) is 5.92 Å². The van der Waals surface area contributed by atoms with Crippen molar-refractivity contribution < 1.29 is 0 Å². The molecule has 0 N–H and O–H groups in total. The van der Waals surface area contributed by atoms with E-state index in [0.717, 1.165) is 12.8 Å². The van der Waals surface area contributed by atoms with Crippen LogP contribution >= 0.6 is 11.3 Å². The lowest BCUT2D eigenvalue weighted by molar-refractivity contribution is 0.654. The van der Waals surface area contributed by atoms with Crippen LogP contribution in [0.1, 0.15) is 36.2 Å². The Balaban J connectivity index is 2.42. The van der Waals surface area contributed by atoms with Crippen LogP contribution in [0, 0.1) is 12.8 Å². The molecule has 2 aromatic rings. The summed E-state index contributed by atoms with van der Waals surface area (Å²) in [5.74, 6) is 0.679. The largest absolute Gasteiger partial charge is 0.241 e. The molecular weight excluding hydrogens is 238 g/mol. The molecule has 0 aliphatic carbocycles. The third kappa shape index (κ3) is 2.99. The molecule has 0 amide bonds. The molecule has 1 aromatic heterocycles. The lowest BCUT2D eigenvalue weighted by atomic mass is 10.0. The SMILES string of the molecule is CCc1cccc(-c2nc(C)sc2CC(C)C)c1. The summed E-state index contributed by atoms with van der Waals surface area (Å²) in [7, 11) is 0. The van der Waals surface area contributed by atoms with E-state index in [1.807, 2.05) is 11.3 Å². The molecule has 0 radical (unpaired) electrons. The maximum absolute atomic E-state index is 4.73. The molecule has 18 heavy (non-hydrogen) atoms. The first-order valence-electron chi connectivity index (χ1n) is 6.65. The zero-order chi connectivity index (χ0) is 13.1. The Kier molecular flexibility index (Phi) is 4.18. The molecule has 2 rings (SSSR count). The number of aromatic nitrogens is 1. The van der Waals surface area contributed by atoms with Crippen LogP contribution in [-0.4, -0.2) is 4.98 Å². The van der Waals surface area contributed by atoms with Crippen LogP contribution in [0.2, 0.25) is 0 Å². The van der Waals surface area contributed by atoms with Crippen LogP contribution in [0.5, 0.6) is 0 Å². The first-order valence-corrected chi connectivity index (χ1v) is 7.47. The fourth-order valence-corrected chi connectivity index (χ4v) is 3.31. The molecule has 0 aliphatic heterocycles. The number of nitrogens with zero attached hydrogens (tertiary/aromatic N) is 1. The van der Waals surface area contributed by atoms with Gasteiger partial charge in [-0.05, 0) is 37.3 Å². The summed E-state index contributed by atoms with van der Waals surface area (Å²) in [4.78, 5) is 6.15. The lowest BCUT2D eigenvalue weighted by Crippen LogP contribution is -1.94. The summed E-state index contributed by atoms with van der Waals surface area (Å²) in [6, 6.07) is 8.78. The van der Waals surface area contributed by atoms with E-state index in [0.29, 0.717) is 5.92 Å². The molecule has 1 heterocycles. The highest BCUT2D eigenvalue weighted by atomic mass is 32.1. The third-order valence-corrected chi connectivity index (χ3v) is 4.00. The monoisotopic (exact) mass is 259 g/mol. The molecule has 0 atom stereocenters.